The first-order valence-corrected chi connectivity index (χ1v) is 9.10. The van der Waals surface area contributed by atoms with Crippen molar-refractivity contribution in [3.05, 3.63) is 104 Å². The number of aromatic nitrogens is 3. The lowest BCUT2D eigenvalue weighted by molar-refractivity contribution is 0.0949. The lowest BCUT2D eigenvalue weighted by Gasteiger charge is -2.10. The number of carbonyl (C=O) groups is 1. The number of nitrogens with zero attached hydrogens (tertiary/aromatic N) is 3. The summed E-state index contributed by atoms with van der Waals surface area (Å²) in [7, 11) is 0. The molecule has 0 radical (unpaired) electrons. The van der Waals surface area contributed by atoms with E-state index in [1.165, 1.54) is 37.4 Å². The molecule has 0 aliphatic rings. The Morgan fingerprint density at radius 2 is 1.87 bits per heavy atom. The Balaban J connectivity index is 1.93. The molecule has 30 heavy (non-hydrogen) atoms. The number of hydrogen-bond acceptors (Lipinski definition) is 5. The third-order valence-corrected chi connectivity index (χ3v) is 4.75. The molecule has 0 fully saturated rings. The Labute approximate surface area is 173 Å². The van der Waals surface area contributed by atoms with E-state index in [4.69, 9.17) is 16.0 Å². The maximum absolute atomic E-state index is 13.9. The van der Waals surface area contributed by atoms with Crippen molar-refractivity contribution in [1.29, 1.82) is 0 Å². The minimum atomic E-state index is -0.927. The van der Waals surface area contributed by atoms with Gasteiger partial charge in [0.1, 0.15) is 5.82 Å². The average Bonchev–Trinajstić information content (AvgIpc) is 3.23. The van der Waals surface area contributed by atoms with Crippen LogP contribution in [-0.4, -0.2) is 20.0 Å². The van der Waals surface area contributed by atoms with Crippen LogP contribution in [-0.2, 0) is 0 Å². The summed E-state index contributed by atoms with van der Waals surface area (Å²) < 4.78 is 20.8. The molecular formula is C21H13ClFN3O4. The number of aryl methyl sites for hydroxylation is 1. The van der Waals surface area contributed by atoms with E-state index in [0.717, 1.165) is 17.0 Å². The molecule has 2 aromatic carbocycles. The monoisotopic (exact) mass is 425 g/mol. The number of oxazole rings is 1. The number of benzene rings is 2. The van der Waals surface area contributed by atoms with Crippen molar-refractivity contribution in [2.24, 2.45) is 0 Å². The van der Waals surface area contributed by atoms with Gasteiger partial charge in [-0.3, -0.25) is 9.59 Å². The summed E-state index contributed by atoms with van der Waals surface area (Å²) in [4.78, 5) is 42.5. The minimum Gasteiger partial charge on any atom is -0.441 e. The van der Waals surface area contributed by atoms with Gasteiger partial charge in [-0.15, -0.1) is 0 Å². The zero-order valence-corrected chi connectivity index (χ0v) is 16.3. The van der Waals surface area contributed by atoms with Crippen LogP contribution in [0.3, 0.4) is 0 Å². The molecule has 0 spiro atoms. The summed E-state index contributed by atoms with van der Waals surface area (Å²) in [6.07, 6.45) is 2.33. The van der Waals surface area contributed by atoms with Crippen LogP contribution in [0.4, 0.5) is 4.39 Å². The quantitative estimate of drug-likeness (QED) is 0.501. The molecule has 0 aliphatic carbocycles. The minimum absolute atomic E-state index is 0.000524. The van der Waals surface area contributed by atoms with E-state index in [1.54, 1.807) is 18.2 Å². The molecule has 7 nitrogen and oxygen atoms in total. The zero-order valence-electron chi connectivity index (χ0n) is 15.5. The smallest absolute Gasteiger partial charge is 0.344 e. The standard InChI is InChI=1S/C21H13ClFN3O4/c1-12-10-25(18-17(30-11-24-18)14-7-8-15(22)16(23)9-14)21(29)26(19(12)27)20(28)13-5-3-2-4-6-13/h2-11H,1H3. The highest BCUT2D eigenvalue weighted by atomic mass is 35.5. The second-order valence-corrected chi connectivity index (χ2v) is 6.82. The van der Waals surface area contributed by atoms with Crippen molar-refractivity contribution >= 4 is 17.5 Å². The van der Waals surface area contributed by atoms with E-state index in [9.17, 15) is 18.8 Å². The van der Waals surface area contributed by atoms with Gasteiger partial charge in [0.15, 0.2) is 18.0 Å². The average molecular weight is 426 g/mol. The van der Waals surface area contributed by atoms with E-state index >= 15 is 0 Å². The van der Waals surface area contributed by atoms with Crippen molar-refractivity contribution in [3.8, 4) is 17.1 Å². The van der Waals surface area contributed by atoms with Crippen molar-refractivity contribution in [1.82, 2.24) is 14.1 Å². The Bertz CT molecular complexity index is 1390. The van der Waals surface area contributed by atoms with Crippen molar-refractivity contribution in [2.75, 3.05) is 0 Å². The molecule has 0 saturated heterocycles. The molecular weight excluding hydrogens is 413 g/mol. The largest absolute Gasteiger partial charge is 0.441 e. The van der Waals surface area contributed by atoms with Gasteiger partial charge >= 0.3 is 5.69 Å². The highest BCUT2D eigenvalue weighted by Crippen LogP contribution is 2.28. The summed E-state index contributed by atoms with van der Waals surface area (Å²) in [6.45, 7) is 1.47. The molecule has 0 atom stereocenters. The van der Waals surface area contributed by atoms with Crippen LogP contribution in [0.2, 0.25) is 5.02 Å². The predicted molar refractivity (Wildman–Crippen MR) is 108 cm³/mol. The third kappa shape index (κ3) is 3.27. The van der Waals surface area contributed by atoms with Gasteiger partial charge in [0, 0.05) is 22.9 Å². The van der Waals surface area contributed by atoms with E-state index in [-0.39, 0.29) is 33.3 Å². The van der Waals surface area contributed by atoms with Gasteiger partial charge in [-0.25, -0.2) is 13.8 Å². The van der Waals surface area contributed by atoms with Gasteiger partial charge in [-0.2, -0.15) is 9.55 Å². The SMILES string of the molecule is Cc1cn(-c2ncoc2-c2ccc(Cl)c(F)c2)c(=O)n(C(=O)c2ccccc2)c1=O. The Kier molecular flexibility index (Phi) is 4.93. The van der Waals surface area contributed by atoms with Crippen molar-refractivity contribution in [3.63, 3.8) is 0 Å². The molecule has 0 N–H and O–H groups in total. The highest BCUT2D eigenvalue weighted by Gasteiger charge is 2.22. The van der Waals surface area contributed by atoms with Gasteiger partial charge in [-0.05, 0) is 37.3 Å². The normalized spacial score (nSPS) is 10.9. The molecule has 0 saturated carbocycles. The van der Waals surface area contributed by atoms with Crippen LogP contribution in [0.25, 0.3) is 17.1 Å². The summed E-state index contributed by atoms with van der Waals surface area (Å²) in [5.41, 5.74) is -1.08. The summed E-state index contributed by atoms with van der Waals surface area (Å²) in [5, 5.41) is -0.0742. The van der Waals surface area contributed by atoms with Crippen LogP contribution >= 0.6 is 11.6 Å². The van der Waals surface area contributed by atoms with Gasteiger partial charge in [0.2, 0.25) is 0 Å². The number of carbonyl (C=O) groups excluding carboxylic acids is 1. The summed E-state index contributed by atoms with van der Waals surface area (Å²) in [6, 6.07) is 11.9. The molecule has 0 aliphatic heterocycles. The molecule has 2 heterocycles. The number of rotatable bonds is 3. The van der Waals surface area contributed by atoms with E-state index in [1.807, 2.05) is 0 Å². The van der Waals surface area contributed by atoms with Gasteiger partial charge in [-0.1, -0.05) is 29.8 Å². The highest BCUT2D eigenvalue weighted by molar-refractivity contribution is 6.30. The maximum Gasteiger partial charge on any atom is 0.344 e. The maximum atomic E-state index is 13.9. The third-order valence-electron chi connectivity index (χ3n) is 4.44. The van der Waals surface area contributed by atoms with Crippen molar-refractivity contribution in [2.45, 2.75) is 6.92 Å². The second-order valence-electron chi connectivity index (χ2n) is 6.41. The molecule has 0 unspecified atom stereocenters. The topological polar surface area (TPSA) is 87.1 Å². The van der Waals surface area contributed by atoms with Crippen LogP contribution in [0.1, 0.15) is 15.9 Å². The Morgan fingerprint density at radius 1 is 1.13 bits per heavy atom. The first-order chi connectivity index (χ1) is 14.4. The fraction of sp³-hybridized carbons (Fsp3) is 0.0476. The zero-order chi connectivity index (χ0) is 21.4. The molecule has 2 aromatic heterocycles. The van der Waals surface area contributed by atoms with Crippen molar-refractivity contribution < 1.29 is 13.6 Å². The molecule has 4 rings (SSSR count). The number of hydrogen-bond donors (Lipinski definition) is 0. The van der Waals surface area contributed by atoms with Crippen LogP contribution in [0, 0.1) is 12.7 Å². The van der Waals surface area contributed by atoms with E-state index in [2.05, 4.69) is 4.98 Å². The summed E-state index contributed by atoms with van der Waals surface area (Å²) in [5.74, 6) is -1.38. The van der Waals surface area contributed by atoms with Gasteiger partial charge < -0.3 is 4.42 Å². The Hall–Kier alpha value is -3.78. The van der Waals surface area contributed by atoms with Gasteiger partial charge in [0.25, 0.3) is 11.5 Å². The van der Waals surface area contributed by atoms with Gasteiger partial charge in [0.05, 0.1) is 5.02 Å². The summed E-state index contributed by atoms with van der Waals surface area (Å²) >= 11 is 5.72. The van der Waals surface area contributed by atoms with Crippen LogP contribution < -0.4 is 11.2 Å². The second kappa shape index (κ2) is 7.57. The van der Waals surface area contributed by atoms with Crippen LogP contribution in [0.5, 0.6) is 0 Å². The predicted octanol–water partition coefficient (Wildman–Crippen LogP) is 3.44. The molecule has 9 heteroatoms. The van der Waals surface area contributed by atoms with E-state index < -0.39 is 23.0 Å². The fourth-order valence-corrected chi connectivity index (χ4v) is 3.08. The number of halogens is 2. The lowest BCUT2D eigenvalue weighted by Crippen LogP contribution is -2.44. The first kappa shape index (κ1) is 19.5. The lowest BCUT2D eigenvalue weighted by atomic mass is 10.1. The molecule has 4 aromatic rings. The van der Waals surface area contributed by atoms with E-state index in [0.29, 0.717) is 4.57 Å². The Morgan fingerprint density at radius 3 is 2.57 bits per heavy atom. The first-order valence-electron chi connectivity index (χ1n) is 8.73. The molecule has 0 amide bonds. The van der Waals surface area contributed by atoms with Crippen LogP contribution in [0.15, 0.2) is 75.1 Å². The molecule has 150 valence electrons. The molecule has 0 bridgehead atoms. The fourth-order valence-electron chi connectivity index (χ4n) is 2.96.